The van der Waals surface area contributed by atoms with Crippen molar-refractivity contribution in [2.75, 3.05) is 13.1 Å². The van der Waals surface area contributed by atoms with Gasteiger partial charge in [0, 0.05) is 24.7 Å². The topological polar surface area (TPSA) is 101 Å². The summed E-state index contributed by atoms with van der Waals surface area (Å²) in [4.78, 5) is 26.5. The standard InChI is InChI=1S/C15H22N4O3/c1-2-17-14(20)12-7-9(16)8-19(12)15(21)13-10-5-3-4-6-11(10)18-22-13/h9,12H,2-8,16H2,1H3,(H,17,20)/t9-,12-/m0/s1. The SMILES string of the molecule is CCNC(=O)[C@@H]1C[C@H](N)CN1C(=O)c1onc2c1CCCC2. The van der Waals surface area contributed by atoms with Gasteiger partial charge < -0.3 is 20.5 Å². The van der Waals surface area contributed by atoms with Gasteiger partial charge in [-0.05, 0) is 39.0 Å². The van der Waals surface area contributed by atoms with Crippen LogP contribution in [-0.2, 0) is 17.6 Å². The summed E-state index contributed by atoms with van der Waals surface area (Å²) in [5.74, 6) is -0.130. The van der Waals surface area contributed by atoms with Crippen LogP contribution >= 0.6 is 0 Å². The van der Waals surface area contributed by atoms with E-state index in [1.165, 1.54) is 4.90 Å². The third-order valence-corrected chi connectivity index (χ3v) is 4.40. The first-order valence-electron chi connectivity index (χ1n) is 7.93. The summed E-state index contributed by atoms with van der Waals surface area (Å²) < 4.78 is 5.30. The summed E-state index contributed by atoms with van der Waals surface area (Å²) in [6, 6.07) is -0.706. The largest absolute Gasteiger partial charge is 0.355 e. The molecule has 2 atom stereocenters. The molecule has 2 amide bonds. The molecule has 2 aliphatic rings. The van der Waals surface area contributed by atoms with E-state index in [1.54, 1.807) is 0 Å². The molecular weight excluding hydrogens is 284 g/mol. The molecule has 0 bridgehead atoms. The number of hydrogen-bond donors (Lipinski definition) is 2. The maximum Gasteiger partial charge on any atom is 0.293 e. The van der Waals surface area contributed by atoms with Crippen LogP contribution in [0, 0.1) is 0 Å². The predicted molar refractivity (Wildman–Crippen MR) is 79.2 cm³/mol. The molecule has 7 nitrogen and oxygen atoms in total. The molecule has 0 unspecified atom stereocenters. The molecule has 120 valence electrons. The number of aryl methyl sites for hydroxylation is 1. The number of nitrogens with one attached hydrogen (secondary N) is 1. The summed E-state index contributed by atoms with van der Waals surface area (Å²) in [5.41, 5.74) is 7.75. The fourth-order valence-corrected chi connectivity index (χ4v) is 3.32. The molecule has 0 radical (unpaired) electrons. The van der Waals surface area contributed by atoms with Crippen LogP contribution in [0.1, 0.15) is 48.0 Å². The molecule has 1 aliphatic carbocycles. The fourth-order valence-electron chi connectivity index (χ4n) is 3.32. The number of likely N-dealkylation sites (tertiary alicyclic amines) is 1. The summed E-state index contributed by atoms with van der Waals surface area (Å²) in [6.07, 6.45) is 4.25. The molecule has 1 aliphatic heterocycles. The maximum absolute atomic E-state index is 12.8. The Morgan fingerprint density at radius 3 is 2.95 bits per heavy atom. The number of nitrogens with two attached hydrogens (primary N) is 1. The highest BCUT2D eigenvalue weighted by atomic mass is 16.5. The lowest BCUT2D eigenvalue weighted by Gasteiger charge is -2.23. The van der Waals surface area contributed by atoms with Crippen molar-refractivity contribution in [2.24, 2.45) is 5.73 Å². The summed E-state index contributed by atoms with van der Waals surface area (Å²) >= 11 is 0. The van der Waals surface area contributed by atoms with E-state index in [0.29, 0.717) is 19.5 Å². The van der Waals surface area contributed by atoms with Crippen LogP contribution in [0.5, 0.6) is 0 Å². The molecule has 1 aromatic heterocycles. The van der Waals surface area contributed by atoms with Crippen molar-refractivity contribution >= 4 is 11.8 Å². The van der Waals surface area contributed by atoms with Crippen molar-refractivity contribution in [1.29, 1.82) is 0 Å². The zero-order valence-electron chi connectivity index (χ0n) is 12.8. The molecule has 0 aromatic carbocycles. The van der Waals surface area contributed by atoms with E-state index in [9.17, 15) is 9.59 Å². The van der Waals surface area contributed by atoms with Gasteiger partial charge in [-0.2, -0.15) is 0 Å². The van der Waals surface area contributed by atoms with E-state index in [-0.39, 0.29) is 23.6 Å². The van der Waals surface area contributed by atoms with E-state index in [1.807, 2.05) is 6.92 Å². The lowest BCUT2D eigenvalue weighted by Crippen LogP contribution is -2.46. The Labute approximate surface area is 129 Å². The molecule has 3 N–H and O–H groups in total. The monoisotopic (exact) mass is 306 g/mol. The quantitative estimate of drug-likeness (QED) is 0.832. The molecular formula is C15H22N4O3. The summed E-state index contributed by atoms with van der Waals surface area (Å²) in [6.45, 7) is 2.76. The van der Waals surface area contributed by atoms with E-state index in [0.717, 1.165) is 36.9 Å². The molecule has 1 saturated heterocycles. The molecule has 22 heavy (non-hydrogen) atoms. The number of carbonyl (C=O) groups is 2. The van der Waals surface area contributed by atoms with Gasteiger partial charge in [0.15, 0.2) is 0 Å². The predicted octanol–water partition coefficient (Wildman–Crippen LogP) is 0.231. The maximum atomic E-state index is 12.8. The highest BCUT2D eigenvalue weighted by molar-refractivity contribution is 5.97. The van der Waals surface area contributed by atoms with Crippen LogP contribution in [0.4, 0.5) is 0 Å². The Hall–Kier alpha value is -1.89. The second kappa shape index (κ2) is 6.08. The number of nitrogens with zero attached hydrogens (tertiary/aromatic N) is 2. The second-order valence-electron chi connectivity index (χ2n) is 6.01. The minimum atomic E-state index is -0.521. The van der Waals surface area contributed by atoms with Crippen molar-refractivity contribution in [3.8, 4) is 0 Å². The van der Waals surface area contributed by atoms with E-state index < -0.39 is 6.04 Å². The van der Waals surface area contributed by atoms with Gasteiger partial charge in [0.2, 0.25) is 11.7 Å². The van der Waals surface area contributed by atoms with Gasteiger partial charge in [0.05, 0.1) is 5.69 Å². The molecule has 0 saturated carbocycles. The lowest BCUT2D eigenvalue weighted by atomic mass is 9.96. The van der Waals surface area contributed by atoms with Crippen LogP contribution in [0.15, 0.2) is 4.52 Å². The van der Waals surface area contributed by atoms with Crippen molar-refractivity contribution < 1.29 is 14.1 Å². The Balaban J connectivity index is 1.84. The molecule has 7 heteroatoms. The van der Waals surface area contributed by atoms with Crippen molar-refractivity contribution in [3.05, 3.63) is 17.0 Å². The third kappa shape index (κ3) is 2.61. The highest BCUT2D eigenvalue weighted by Crippen LogP contribution is 2.27. The first kappa shape index (κ1) is 15.0. The lowest BCUT2D eigenvalue weighted by molar-refractivity contribution is -0.124. The van der Waals surface area contributed by atoms with Crippen LogP contribution in [0.2, 0.25) is 0 Å². The van der Waals surface area contributed by atoms with Crippen LogP contribution in [0.3, 0.4) is 0 Å². The molecule has 1 fully saturated rings. The zero-order valence-corrected chi connectivity index (χ0v) is 12.8. The summed E-state index contributed by atoms with van der Waals surface area (Å²) in [5, 5.41) is 6.79. The number of likely N-dealkylation sites (N-methyl/N-ethyl adjacent to an activating group) is 1. The minimum absolute atomic E-state index is 0.155. The minimum Gasteiger partial charge on any atom is -0.355 e. The van der Waals surface area contributed by atoms with E-state index in [2.05, 4.69) is 10.5 Å². The van der Waals surface area contributed by atoms with Gasteiger partial charge in [-0.15, -0.1) is 0 Å². The smallest absolute Gasteiger partial charge is 0.293 e. The van der Waals surface area contributed by atoms with E-state index >= 15 is 0 Å². The Bertz CT molecular complexity index is 583. The average molecular weight is 306 g/mol. The zero-order chi connectivity index (χ0) is 15.7. The van der Waals surface area contributed by atoms with Gasteiger partial charge in [-0.1, -0.05) is 5.16 Å². The van der Waals surface area contributed by atoms with Gasteiger partial charge in [0.25, 0.3) is 5.91 Å². The number of carbonyl (C=O) groups excluding carboxylic acids is 2. The number of fused-ring (bicyclic) bond motifs is 1. The van der Waals surface area contributed by atoms with Crippen molar-refractivity contribution in [2.45, 2.75) is 51.1 Å². The van der Waals surface area contributed by atoms with E-state index in [4.69, 9.17) is 10.3 Å². The van der Waals surface area contributed by atoms with Gasteiger partial charge in [-0.25, -0.2) is 0 Å². The molecule has 2 heterocycles. The Morgan fingerprint density at radius 1 is 1.41 bits per heavy atom. The number of aromatic nitrogens is 1. The molecule has 0 spiro atoms. The Kier molecular flexibility index (Phi) is 4.15. The van der Waals surface area contributed by atoms with Crippen LogP contribution in [0.25, 0.3) is 0 Å². The van der Waals surface area contributed by atoms with Crippen molar-refractivity contribution in [1.82, 2.24) is 15.4 Å². The normalized spacial score (nSPS) is 24.2. The average Bonchev–Trinajstić information content (AvgIpc) is 3.10. The number of amides is 2. The van der Waals surface area contributed by atoms with Gasteiger partial charge >= 0.3 is 0 Å². The number of rotatable bonds is 3. The first-order chi connectivity index (χ1) is 10.6. The first-order valence-corrected chi connectivity index (χ1v) is 7.93. The molecule has 1 aromatic rings. The van der Waals surface area contributed by atoms with Crippen molar-refractivity contribution in [3.63, 3.8) is 0 Å². The van der Waals surface area contributed by atoms with Crippen LogP contribution in [-0.4, -0.2) is 47.0 Å². The summed E-state index contributed by atoms with van der Waals surface area (Å²) in [7, 11) is 0. The second-order valence-corrected chi connectivity index (χ2v) is 6.01. The van der Waals surface area contributed by atoms with Gasteiger partial charge in [-0.3, -0.25) is 9.59 Å². The highest BCUT2D eigenvalue weighted by Gasteiger charge is 2.40. The van der Waals surface area contributed by atoms with Gasteiger partial charge in [0.1, 0.15) is 6.04 Å². The van der Waals surface area contributed by atoms with Crippen LogP contribution < -0.4 is 11.1 Å². The third-order valence-electron chi connectivity index (χ3n) is 4.40. The fraction of sp³-hybridized carbons (Fsp3) is 0.667. The number of hydrogen-bond acceptors (Lipinski definition) is 5. The Morgan fingerprint density at radius 2 is 2.18 bits per heavy atom. The molecule has 3 rings (SSSR count).